The Morgan fingerprint density at radius 2 is 1.80 bits per heavy atom. The maximum Gasteiger partial charge on any atom is 0.335 e. The first-order chi connectivity index (χ1) is 16.9. The summed E-state index contributed by atoms with van der Waals surface area (Å²) >= 11 is 6.88. The molecule has 1 aliphatic rings. The second kappa shape index (κ2) is 9.61. The van der Waals surface area contributed by atoms with Gasteiger partial charge in [-0.1, -0.05) is 60.7 Å². The molecule has 1 N–H and O–H groups in total. The smallest absolute Gasteiger partial charge is 0.335 e. The number of ether oxygens (including phenoxy) is 1. The molecular formula is C29H27ClN2O3. The van der Waals surface area contributed by atoms with Crippen molar-refractivity contribution in [3.05, 3.63) is 102 Å². The van der Waals surface area contributed by atoms with E-state index in [1.165, 1.54) is 10.8 Å². The van der Waals surface area contributed by atoms with Gasteiger partial charge in [-0.3, -0.25) is 0 Å². The molecule has 5 nitrogen and oxygen atoms in total. The van der Waals surface area contributed by atoms with Gasteiger partial charge in [0.25, 0.3) is 0 Å². The minimum absolute atomic E-state index is 0.0333. The highest BCUT2D eigenvalue weighted by molar-refractivity contribution is 6.13. The van der Waals surface area contributed by atoms with E-state index in [4.69, 9.17) is 16.5 Å². The number of halogens is 1. The van der Waals surface area contributed by atoms with E-state index in [9.17, 15) is 9.90 Å². The van der Waals surface area contributed by atoms with Crippen molar-refractivity contribution >= 4 is 39.9 Å². The molecule has 0 aromatic heterocycles. The van der Waals surface area contributed by atoms with Crippen LogP contribution < -0.4 is 9.64 Å². The highest BCUT2D eigenvalue weighted by atomic mass is 35.5. The first kappa shape index (κ1) is 23.2. The molecule has 0 saturated carbocycles. The van der Waals surface area contributed by atoms with Crippen LogP contribution in [-0.2, 0) is 0 Å². The number of carboxylic acids is 1. The number of para-hydroxylation sites is 2. The van der Waals surface area contributed by atoms with Crippen molar-refractivity contribution in [1.29, 1.82) is 0 Å². The number of carboxylic acid groups (broad SMARTS) is 1. The van der Waals surface area contributed by atoms with Gasteiger partial charge in [0.1, 0.15) is 11.9 Å². The fraction of sp³-hybridized carbons (Fsp3) is 0.207. The fourth-order valence-electron chi connectivity index (χ4n) is 4.77. The molecule has 0 fully saturated rings. The maximum atomic E-state index is 11.6. The van der Waals surface area contributed by atoms with Gasteiger partial charge >= 0.3 is 5.97 Å². The van der Waals surface area contributed by atoms with Crippen LogP contribution in [0, 0.1) is 6.92 Å². The van der Waals surface area contributed by atoms with Crippen molar-refractivity contribution in [3.63, 3.8) is 0 Å². The molecule has 1 unspecified atom stereocenters. The van der Waals surface area contributed by atoms with Crippen molar-refractivity contribution < 1.29 is 14.6 Å². The van der Waals surface area contributed by atoms with E-state index >= 15 is 0 Å². The minimum atomic E-state index is -0.944. The van der Waals surface area contributed by atoms with Crippen molar-refractivity contribution in [3.8, 4) is 5.75 Å². The molecule has 178 valence electrons. The molecule has 4 aromatic carbocycles. The van der Waals surface area contributed by atoms with Gasteiger partial charge in [-0.25, -0.2) is 9.21 Å². The second-order valence-corrected chi connectivity index (χ2v) is 9.39. The van der Waals surface area contributed by atoms with Gasteiger partial charge in [-0.15, -0.1) is 0 Å². The molecule has 5 rings (SSSR count). The lowest BCUT2D eigenvalue weighted by Gasteiger charge is -2.38. The van der Waals surface area contributed by atoms with E-state index in [1.54, 1.807) is 16.6 Å². The quantitative estimate of drug-likeness (QED) is 0.298. The molecule has 0 saturated heterocycles. The summed E-state index contributed by atoms with van der Waals surface area (Å²) in [5, 5.41) is 11.9. The largest absolute Gasteiger partial charge is 0.485 e. The standard InChI is InChI=1S/C29H27ClN2O3/c1-19-14-15-22(29(33)34)16-27(19)31-17-23(35-28-13-6-5-12-26(28)31)18-32(30)20(2)24-11-7-9-21-8-3-4-10-25(21)24/h3-16,20,23H,17-18H2,1-2H3,(H,33,34)/t20-,23?/m1/s1. The number of carbonyl (C=O) groups is 1. The van der Waals surface area contributed by atoms with Crippen LogP contribution in [0.2, 0.25) is 0 Å². The lowest BCUT2D eigenvalue weighted by molar-refractivity contribution is 0.0697. The van der Waals surface area contributed by atoms with Gasteiger partial charge in [-0.05, 0) is 71.8 Å². The molecule has 1 aliphatic heterocycles. The molecule has 0 bridgehead atoms. The first-order valence-electron chi connectivity index (χ1n) is 11.7. The molecule has 2 atom stereocenters. The fourth-order valence-corrected chi connectivity index (χ4v) is 5.03. The number of hydrogen-bond acceptors (Lipinski definition) is 4. The van der Waals surface area contributed by atoms with Crippen LogP contribution in [0.5, 0.6) is 5.75 Å². The number of aromatic carboxylic acids is 1. The lowest BCUT2D eigenvalue weighted by atomic mass is 9.99. The van der Waals surface area contributed by atoms with Crippen molar-refractivity contribution in [2.75, 3.05) is 18.0 Å². The van der Waals surface area contributed by atoms with Crippen LogP contribution in [0.15, 0.2) is 84.9 Å². The topological polar surface area (TPSA) is 53.0 Å². The average Bonchev–Trinajstić information content (AvgIpc) is 2.87. The second-order valence-electron chi connectivity index (χ2n) is 8.95. The highest BCUT2D eigenvalue weighted by Crippen LogP contribution is 2.40. The van der Waals surface area contributed by atoms with Crippen molar-refractivity contribution in [1.82, 2.24) is 4.42 Å². The van der Waals surface area contributed by atoms with Crippen LogP contribution in [0.3, 0.4) is 0 Å². The number of fused-ring (bicyclic) bond motifs is 2. The Kier molecular flexibility index (Phi) is 6.37. The predicted molar refractivity (Wildman–Crippen MR) is 141 cm³/mol. The summed E-state index contributed by atoms with van der Waals surface area (Å²) < 4.78 is 8.17. The molecule has 1 heterocycles. The van der Waals surface area contributed by atoms with Crippen LogP contribution in [0.1, 0.15) is 34.5 Å². The third-order valence-corrected chi connectivity index (χ3v) is 7.09. The molecule has 4 aromatic rings. The van der Waals surface area contributed by atoms with E-state index < -0.39 is 5.97 Å². The molecular weight excluding hydrogens is 460 g/mol. The Hall–Kier alpha value is -3.54. The summed E-state index contributed by atoms with van der Waals surface area (Å²) in [6.07, 6.45) is -0.215. The zero-order chi connectivity index (χ0) is 24.5. The average molecular weight is 487 g/mol. The zero-order valence-electron chi connectivity index (χ0n) is 19.7. The van der Waals surface area contributed by atoms with Gasteiger partial charge in [0.2, 0.25) is 0 Å². The number of aryl methyl sites for hydroxylation is 1. The van der Waals surface area contributed by atoms with Crippen molar-refractivity contribution in [2.45, 2.75) is 26.0 Å². The molecule has 0 radical (unpaired) electrons. The van der Waals surface area contributed by atoms with Gasteiger partial charge in [0.15, 0.2) is 0 Å². The monoisotopic (exact) mass is 486 g/mol. The molecule has 0 aliphatic carbocycles. The number of nitrogens with zero attached hydrogens (tertiary/aromatic N) is 2. The molecule has 0 spiro atoms. The van der Waals surface area contributed by atoms with Crippen LogP contribution in [0.25, 0.3) is 10.8 Å². The number of rotatable bonds is 6. The van der Waals surface area contributed by atoms with E-state index in [1.807, 2.05) is 49.4 Å². The van der Waals surface area contributed by atoms with E-state index in [-0.39, 0.29) is 17.7 Å². The number of hydrogen-bond donors (Lipinski definition) is 1. The van der Waals surface area contributed by atoms with Gasteiger partial charge in [0.05, 0.1) is 24.3 Å². The van der Waals surface area contributed by atoms with Crippen LogP contribution in [-0.4, -0.2) is 34.7 Å². The Morgan fingerprint density at radius 1 is 1.06 bits per heavy atom. The molecule has 0 amide bonds. The Bertz CT molecular complexity index is 1380. The summed E-state index contributed by atoms with van der Waals surface area (Å²) in [6.45, 7) is 5.13. The predicted octanol–water partition coefficient (Wildman–Crippen LogP) is 6.96. The van der Waals surface area contributed by atoms with E-state index in [0.29, 0.717) is 13.1 Å². The highest BCUT2D eigenvalue weighted by Gasteiger charge is 2.30. The third-order valence-electron chi connectivity index (χ3n) is 6.65. The van der Waals surface area contributed by atoms with Crippen LogP contribution >= 0.6 is 11.8 Å². The van der Waals surface area contributed by atoms with Gasteiger partial charge in [0, 0.05) is 11.7 Å². The lowest BCUT2D eigenvalue weighted by Crippen LogP contribution is -2.43. The summed E-state index contributed by atoms with van der Waals surface area (Å²) in [5.41, 5.74) is 4.19. The number of benzene rings is 4. The SMILES string of the molecule is Cc1ccc(C(=O)O)cc1N1CC(CN(Cl)[C@H](C)c2cccc3ccccc23)Oc2ccccc21. The van der Waals surface area contributed by atoms with Crippen LogP contribution in [0.4, 0.5) is 11.4 Å². The minimum Gasteiger partial charge on any atom is -0.485 e. The summed E-state index contributed by atoms with van der Waals surface area (Å²) in [4.78, 5) is 13.8. The Balaban J connectivity index is 1.44. The normalized spacial score (nSPS) is 16.1. The van der Waals surface area contributed by atoms with Gasteiger partial charge < -0.3 is 14.7 Å². The van der Waals surface area contributed by atoms with Gasteiger partial charge in [-0.2, -0.15) is 0 Å². The molecule has 6 heteroatoms. The summed E-state index contributed by atoms with van der Waals surface area (Å²) in [6, 6.07) is 27.6. The molecule has 35 heavy (non-hydrogen) atoms. The third kappa shape index (κ3) is 4.57. The Labute approximate surface area is 210 Å². The summed E-state index contributed by atoms with van der Waals surface area (Å²) in [5.74, 6) is -0.188. The first-order valence-corrected chi connectivity index (χ1v) is 12.0. The Morgan fingerprint density at radius 3 is 2.63 bits per heavy atom. The van der Waals surface area contributed by atoms with Crippen molar-refractivity contribution in [2.24, 2.45) is 0 Å². The number of anilines is 2. The van der Waals surface area contributed by atoms with E-state index in [2.05, 4.69) is 42.2 Å². The maximum absolute atomic E-state index is 11.6. The summed E-state index contributed by atoms with van der Waals surface area (Å²) in [7, 11) is 0. The van der Waals surface area contributed by atoms with E-state index in [0.717, 1.165) is 28.3 Å². The zero-order valence-corrected chi connectivity index (χ0v) is 20.4.